The number of amides is 1. The van der Waals surface area contributed by atoms with Gasteiger partial charge in [0.15, 0.2) is 5.16 Å². The summed E-state index contributed by atoms with van der Waals surface area (Å²) in [6.45, 7) is 4.68. The number of hydrogen-bond donors (Lipinski definition) is 1. The minimum absolute atomic E-state index is 0.157. The lowest BCUT2D eigenvalue weighted by Gasteiger charge is -2.20. The Hall–Kier alpha value is -2.38. The molecule has 32 heavy (non-hydrogen) atoms. The van der Waals surface area contributed by atoms with Gasteiger partial charge in [-0.2, -0.15) is 0 Å². The van der Waals surface area contributed by atoms with E-state index in [2.05, 4.69) is 19.2 Å². The summed E-state index contributed by atoms with van der Waals surface area (Å²) in [5.74, 6) is -0.140. The number of carbonyl (C=O) groups is 1. The first kappa shape index (κ1) is 22.8. The molecule has 0 bridgehead atoms. The Morgan fingerprint density at radius 1 is 1.25 bits per heavy atom. The molecule has 4 rings (SSSR count). The van der Waals surface area contributed by atoms with Gasteiger partial charge in [-0.3, -0.25) is 14.2 Å². The first-order valence-corrected chi connectivity index (χ1v) is 12.0. The van der Waals surface area contributed by atoms with Gasteiger partial charge in [-0.05, 0) is 61.1 Å². The van der Waals surface area contributed by atoms with E-state index >= 15 is 0 Å². The molecular weight excluding hydrogens is 449 g/mol. The first-order valence-electron chi connectivity index (χ1n) is 10.7. The van der Waals surface area contributed by atoms with Crippen LogP contribution in [0.4, 0.5) is 4.39 Å². The average molecular weight is 474 g/mol. The second kappa shape index (κ2) is 9.63. The van der Waals surface area contributed by atoms with E-state index in [4.69, 9.17) is 16.6 Å². The third-order valence-electron chi connectivity index (χ3n) is 5.37. The van der Waals surface area contributed by atoms with Gasteiger partial charge in [0, 0.05) is 17.6 Å². The lowest BCUT2D eigenvalue weighted by Crippen LogP contribution is -2.31. The van der Waals surface area contributed by atoms with E-state index in [0.717, 1.165) is 19.3 Å². The van der Waals surface area contributed by atoms with Gasteiger partial charge < -0.3 is 5.32 Å². The molecule has 1 heterocycles. The number of nitrogens with one attached hydrogen (secondary N) is 1. The highest BCUT2D eigenvalue weighted by atomic mass is 35.5. The van der Waals surface area contributed by atoms with Crippen molar-refractivity contribution in [2.45, 2.75) is 56.1 Å². The molecule has 5 nitrogen and oxygen atoms in total. The van der Waals surface area contributed by atoms with Crippen molar-refractivity contribution in [3.05, 3.63) is 69.2 Å². The molecule has 8 heteroatoms. The number of thioether (sulfide) groups is 1. The van der Waals surface area contributed by atoms with Gasteiger partial charge in [-0.25, -0.2) is 9.37 Å². The second-order valence-corrected chi connectivity index (χ2v) is 10.0. The van der Waals surface area contributed by atoms with Crippen molar-refractivity contribution in [1.29, 1.82) is 0 Å². The summed E-state index contributed by atoms with van der Waals surface area (Å²) in [5.41, 5.74) is 0.993. The van der Waals surface area contributed by atoms with Crippen LogP contribution < -0.4 is 10.9 Å². The fourth-order valence-electron chi connectivity index (χ4n) is 3.37. The summed E-state index contributed by atoms with van der Waals surface area (Å²) in [4.78, 5) is 31.1. The van der Waals surface area contributed by atoms with Gasteiger partial charge in [0.2, 0.25) is 5.91 Å². The van der Waals surface area contributed by atoms with Crippen LogP contribution in [-0.2, 0) is 11.3 Å². The molecule has 1 amide bonds. The molecule has 0 radical (unpaired) electrons. The Labute approximate surface area is 195 Å². The van der Waals surface area contributed by atoms with Crippen LogP contribution >= 0.6 is 23.4 Å². The van der Waals surface area contributed by atoms with E-state index in [0.29, 0.717) is 39.1 Å². The summed E-state index contributed by atoms with van der Waals surface area (Å²) >= 11 is 7.35. The summed E-state index contributed by atoms with van der Waals surface area (Å²) < 4.78 is 15.2. The average Bonchev–Trinajstić information content (AvgIpc) is 3.56. The molecule has 3 aromatic rings. The Morgan fingerprint density at radius 2 is 1.97 bits per heavy atom. The fraction of sp³-hybridized carbons (Fsp3) is 0.375. The van der Waals surface area contributed by atoms with Gasteiger partial charge in [0.25, 0.3) is 5.56 Å². The number of fused-ring (bicyclic) bond motifs is 1. The minimum atomic E-state index is -0.662. The molecule has 1 aliphatic rings. The summed E-state index contributed by atoms with van der Waals surface area (Å²) in [7, 11) is 0. The standard InChI is InChI=1S/C24H25ClFN3O2S/c1-14(2)11-12-29-23(31)19-10-5-16(25)13-20(19)28-24(29)32-21(22(30)27-18-8-9-18)15-3-6-17(26)7-4-15/h3-7,10,13-14,18,21H,8-9,11-12H2,1-2H3,(H,27,30). The molecule has 1 aromatic heterocycles. The van der Waals surface area contributed by atoms with Gasteiger partial charge in [0.05, 0.1) is 10.9 Å². The third-order valence-corrected chi connectivity index (χ3v) is 6.85. The fourth-order valence-corrected chi connectivity index (χ4v) is 4.67. The van der Waals surface area contributed by atoms with Crippen LogP contribution in [0.2, 0.25) is 5.02 Å². The third kappa shape index (κ3) is 5.33. The molecule has 1 aliphatic carbocycles. The molecule has 0 saturated heterocycles. The Morgan fingerprint density at radius 3 is 2.62 bits per heavy atom. The number of hydrogen-bond acceptors (Lipinski definition) is 4. The topological polar surface area (TPSA) is 64.0 Å². The predicted molar refractivity (Wildman–Crippen MR) is 127 cm³/mol. The number of rotatable bonds is 8. The minimum Gasteiger partial charge on any atom is -0.352 e. The molecule has 168 valence electrons. The van der Waals surface area contributed by atoms with Crippen LogP contribution in [0.3, 0.4) is 0 Å². The largest absolute Gasteiger partial charge is 0.352 e. The van der Waals surface area contributed by atoms with E-state index in [9.17, 15) is 14.0 Å². The number of halogens is 2. The highest BCUT2D eigenvalue weighted by Gasteiger charge is 2.30. The predicted octanol–water partition coefficient (Wildman–Crippen LogP) is 5.35. The van der Waals surface area contributed by atoms with Crippen LogP contribution in [0.25, 0.3) is 10.9 Å². The van der Waals surface area contributed by atoms with Gasteiger partial charge in [-0.15, -0.1) is 0 Å². The number of nitrogens with zero attached hydrogens (tertiary/aromatic N) is 2. The zero-order chi connectivity index (χ0) is 22.8. The quantitative estimate of drug-likeness (QED) is 0.354. The van der Waals surface area contributed by atoms with Crippen LogP contribution in [0.5, 0.6) is 0 Å². The van der Waals surface area contributed by atoms with E-state index in [1.807, 2.05) is 0 Å². The molecule has 1 atom stereocenters. The molecule has 1 saturated carbocycles. The normalized spacial score (nSPS) is 14.7. The van der Waals surface area contributed by atoms with E-state index in [1.54, 1.807) is 34.9 Å². The van der Waals surface area contributed by atoms with Crippen LogP contribution in [0.15, 0.2) is 52.4 Å². The van der Waals surface area contributed by atoms with Gasteiger partial charge in [0.1, 0.15) is 11.1 Å². The highest BCUT2D eigenvalue weighted by Crippen LogP contribution is 2.36. The molecule has 0 aliphatic heterocycles. The van der Waals surface area contributed by atoms with Crippen molar-refractivity contribution in [3.63, 3.8) is 0 Å². The molecular formula is C24H25ClFN3O2S. The Balaban J connectivity index is 1.78. The Bertz CT molecular complexity index is 1190. The van der Waals surface area contributed by atoms with E-state index in [1.165, 1.54) is 23.9 Å². The SMILES string of the molecule is CC(C)CCn1c(SC(C(=O)NC2CC2)c2ccc(F)cc2)nc2cc(Cl)ccc2c1=O. The van der Waals surface area contributed by atoms with Crippen LogP contribution in [-0.4, -0.2) is 21.5 Å². The van der Waals surface area contributed by atoms with Crippen molar-refractivity contribution in [1.82, 2.24) is 14.9 Å². The van der Waals surface area contributed by atoms with Crippen molar-refractivity contribution < 1.29 is 9.18 Å². The maximum atomic E-state index is 13.5. The lowest BCUT2D eigenvalue weighted by molar-refractivity contribution is -0.120. The highest BCUT2D eigenvalue weighted by molar-refractivity contribution is 8.00. The maximum Gasteiger partial charge on any atom is 0.262 e. The molecule has 1 N–H and O–H groups in total. The van der Waals surface area contributed by atoms with E-state index < -0.39 is 5.25 Å². The van der Waals surface area contributed by atoms with Crippen molar-refractivity contribution in [2.24, 2.45) is 5.92 Å². The van der Waals surface area contributed by atoms with Crippen molar-refractivity contribution in [2.75, 3.05) is 0 Å². The van der Waals surface area contributed by atoms with Crippen molar-refractivity contribution >= 4 is 40.2 Å². The van der Waals surface area contributed by atoms with Gasteiger partial charge >= 0.3 is 0 Å². The van der Waals surface area contributed by atoms with Crippen LogP contribution in [0, 0.1) is 11.7 Å². The monoisotopic (exact) mass is 473 g/mol. The van der Waals surface area contributed by atoms with Crippen LogP contribution in [0.1, 0.15) is 43.9 Å². The van der Waals surface area contributed by atoms with Gasteiger partial charge in [-0.1, -0.05) is 49.3 Å². The maximum absolute atomic E-state index is 13.5. The second-order valence-electron chi connectivity index (χ2n) is 8.53. The molecule has 1 fully saturated rings. The smallest absolute Gasteiger partial charge is 0.262 e. The summed E-state index contributed by atoms with van der Waals surface area (Å²) in [5, 5.41) is 3.79. The lowest BCUT2D eigenvalue weighted by atomic mass is 10.1. The number of benzene rings is 2. The summed E-state index contributed by atoms with van der Waals surface area (Å²) in [6.07, 6.45) is 2.71. The Kier molecular flexibility index (Phi) is 6.86. The number of carbonyl (C=O) groups excluding carboxylic acids is 1. The molecule has 0 spiro atoms. The number of aromatic nitrogens is 2. The molecule has 1 unspecified atom stereocenters. The van der Waals surface area contributed by atoms with Crippen molar-refractivity contribution in [3.8, 4) is 0 Å². The van der Waals surface area contributed by atoms with E-state index in [-0.39, 0.29) is 23.3 Å². The zero-order valence-electron chi connectivity index (χ0n) is 18.0. The zero-order valence-corrected chi connectivity index (χ0v) is 19.5. The summed E-state index contributed by atoms with van der Waals surface area (Å²) in [6, 6.07) is 11.1. The first-order chi connectivity index (χ1) is 15.3. The molecule has 2 aromatic carbocycles.